The first kappa shape index (κ1) is 61.8. The summed E-state index contributed by atoms with van der Waals surface area (Å²) in [5.74, 6) is 1.49. The SMILES string of the molecule is [2H]c1c([2H])c([2H])c(-c2cc3c4c(c2)N(c2c(-c5ccccc5)cc(C(C)(C)C)cc2-c2ccccc2)c2ccccc2B4c2cc4c(cc2N3c2cc(C(C)(C)C)cc(C(C)(C)C)c2)Oc2cc3cc(-c5cccc6c5C5(c7ccccc7-c7ccccc75)c5ccccc5-6)ccc3c3c2B4c2ccccc2N3c2ccccc2)c([2H])c1[2H]. The molecular weight excluding hydrogens is 1360 g/mol. The van der Waals surface area contributed by atoms with Crippen LogP contribution in [0.5, 0.6) is 11.5 Å². The second kappa shape index (κ2) is 24.6. The minimum Gasteiger partial charge on any atom is -0.458 e. The minimum atomic E-state index is -0.575. The van der Waals surface area contributed by atoms with Crippen molar-refractivity contribution in [3.05, 3.63) is 379 Å². The fraction of sp³-hybridized carbons (Fsp3) is 0.121. The Balaban J connectivity index is 0.839. The normalized spacial score (nSPS) is 14.7. The first-order valence-corrected chi connectivity index (χ1v) is 39.8. The second-order valence-corrected chi connectivity index (χ2v) is 34.7. The highest BCUT2D eigenvalue weighted by atomic mass is 16.5. The summed E-state index contributed by atoms with van der Waals surface area (Å²) in [6.45, 7) is 19.8. The summed E-state index contributed by atoms with van der Waals surface area (Å²) in [6.07, 6.45) is 0. The Hall–Kier alpha value is -12.9. The number of hydrogen-bond donors (Lipinski definition) is 0. The lowest BCUT2D eigenvalue weighted by atomic mass is 9.30. The lowest BCUT2D eigenvalue weighted by Crippen LogP contribution is -2.64. The predicted molar refractivity (Wildman–Crippen MR) is 478 cm³/mol. The zero-order valence-corrected chi connectivity index (χ0v) is 64.8. The van der Waals surface area contributed by atoms with Crippen LogP contribution in [0.3, 0.4) is 0 Å². The van der Waals surface area contributed by atoms with Gasteiger partial charge in [-0.05, 0) is 222 Å². The maximum absolute atomic E-state index is 9.98. The number of nitrogens with zero attached hydrogens (tertiary/aromatic N) is 3. The van der Waals surface area contributed by atoms with Crippen LogP contribution < -0.4 is 52.2 Å². The second-order valence-electron chi connectivity index (χ2n) is 34.7. The van der Waals surface area contributed by atoms with Crippen molar-refractivity contribution in [2.75, 3.05) is 14.7 Å². The summed E-state index contributed by atoms with van der Waals surface area (Å²) >= 11 is 0. The fourth-order valence-corrected chi connectivity index (χ4v) is 20.0. The highest BCUT2D eigenvalue weighted by Gasteiger charge is 2.54. The van der Waals surface area contributed by atoms with Crippen LogP contribution in [0.4, 0.5) is 51.2 Å². The highest BCUT2D eigenvalue weighted by molar-refractivity contribution is 7.02. The topological polar surface area (TPSA) is 19.0 Å². The van der Waals surface area contributed by atoms with E-state index < -0.39 is 30.3 Å². The van der Waals surface area contributed by atoms with E-state index in [2.05, 4.69) is 386 Å². The standard InChI is InChI=1S/C107H83B2N3O/c1-104(2,3)72-59-73(105(4,5)6)61-76(60-72)110-94-65-97-91(64-90(94)108-89-50-29-31-52-93(89)112(96-57-70(56-95(110)100(96)108)66-33-14-10-15-34-66)102-83(67-35-16-11-17-36-67)62-74(106(7,8)9)63-84(102)68-37-18-12-19-38-68)109-88-49-28-30-51-92(88)111(75-39-20-13-21-40-75)103-78-54-53-69(55-71(78)58-98(113-97)101(103)109)77-44-32-45-82-81-43-24-27-48-87(81)107(99(77)82)85-46-25-22-41-79(85)80-42-23-26-47-86(80)107/h10-65H,1-9H3/i10D,14D,15D,33D,34D. The molecule has 0 fully saturated rings. The van der Waals surface area contributed by atoms with E-state index in [1.807, 2.05) is 0 Å². The molecule has 0 unspecified atom stereocenters. The van der Waals surface area contributed by atoms with Gasteiger partial charge in [-0.25, -0.2) is 0 Å². The third kappa shape index (κ3) is 9.91. The number of para-hydroxylation sites is 3. The number of fused-ring (bicyclic) bond motifs is 20. The Labute approximate surface area is 671 Å². The summed E-state index contributed by atoms with van der Waals surface area (Å²) in [5, 5.41) is 2.15. The molecule has 0 aromatic heterocycles. The van der Waals surface area contributed by atoms with Gasteiger partial charge >= 0.3 is 0 Å². The molecule has 16 aromatic rings. The largest absolute Gasteiger partial charge is 0.458 e. The van der Waals surface area contributed by atoms with Gasteiger partial charge in [-0.3, -0.25) is 0 Å². The lowest BCUT2D eigenvalue weighted by molar-refractivity contribution is 0.488. The molecule has 0 N–H and O–H groups in total. The van der Waals surface area contributed by atoms with E-state index >= 15 is 0 Å². The summed E-state index contributed by atoms with van der Waals surface area (Å²) in [4.78, 5) is 7.38. The van der Waals surface area contributed by atoms with E-state index in [9.17, 15) is 5.48 Å². The molecule has 0 saturated heterocycles. The van der Waals surface area contributed by atoms with Crippen molar-refractivity contribution in [1.82, 2.24) is 0 Å². The Kier molecular flexibility index (Phi) is 13.4. The van der Waals surface area contributed by atoms with Crippen LogP contribution >= 0.6 is 0 Å². The lowest BCUT2D eigenvalue weighted by Gasteiger charge is -2.46. The quantitative estimate of drug-likeness (QED) is 0.148. The minimum absolute atomic E-state index is 0.118. The van der Waals surface area contributed by atoms with Crippen molar-refractivity contribution in [3.8, 4) is 78.3 Å². The third-order valence-corrected chi connectivity index (χ3v) is 25.2. The Bertz CT molecular complexity index is 6840. The fourth-order valence-electron chi connectivity index (χ4n) is 20.0. The first-order chi connectivity index (χ1) is 57.0. The molecule has 4 nitrogen and oxygen atoms in total. The smallest absolute Gasteiger partial charge is 0.256 e. The summed E-state index contributed by atoms with van der Waals surface area (Å²) < 4.78 is 55.9. The molecule has 4 heterocycles. The molecule has 113 heavy (non-hydrogen) atoms. The van der Waals surface area contributed by atoms with Crippen LogP contribution in [0.2, 0.25) is 0 Å². The molecule has 0 amide bonds. The van der Waals surface area contributed by atoms with E-state index in [4.69, 9.17) is 6.11 Å². The maximum atomic E-state index is 9.98. The van der Waals surface area contributed by atoms with Gasteiger partial charge in [-0.15, -0.1) is 0 Å². The molecule has 0 radical (unpaired) electrons. The van der Waals surface area contributed by atoms with Crippen molar-refractivity contribution in [3.63, 3.8) is 0 Å². The van der Waals surface area contributed by atoms with Crippen LogP contribution in [-0.4, -0.2) is 13.4 Å². The first-order valence-electron chi connectivity index (χ1n) is 42.3. The van der Waals surface area contributed by atoms with Gasteiger partial charge in [-0.2, -0.15) is 0 Å². The Morgan fingerprint density at radius 1 is 0.301 bits per heavy atom. The van der Waals surface area contributed by atoms with Crippen LogP contribution in [0.1, 0.15) is 108 Å². The zero-order valence-electron chi connectivity index (χ0n) is 69.8. The van der Waals surface area contributed by atoms with Gasteiger partial charge in [0.15, 0.2) is 0 Å². The summed E-state index contributed by atoms with van der Waals surface area (Å²) in [6, 6.07) is 113. The third-order valence-electron chi connectivity index (χ3n) is 25.2. The monoisotopic (exact) mass is 1450 g/mol. The molecule has 0 bridgehead atoms. The molecule has 16 aromatic carbocycles. The molecule has 4 aliphatic heterocycles. The van der Waals surface area contributed by atoms with Crippen molar-refractivity contribution >= 4 is 108 Å². The molecule has 1 spiro atoms. The van der Waals surface area contributed by atoms with E-state index in [0.717, 1.165) is 145 Å². The molecule has 0 atom stereocenters. The Morgan fingerprint density at radius 2 is 0.796 bits per heavy atom. The molecule has 538 valence electrons. The van der Waals surface area contributed by atoms with Gasteiger partial charge < -0.3 is 19.4 Å². The highest BCUT2D eigenvalue weighted by Crippen LogP contribution is 2.65. The van der Waals surface area contributed by atoms with Gasteiger partial charge in [0.05, 0.1) is 23.6 Å². The maximum Gasteiger partial charge on any atom is 0.256 e. The van der Waals surface area contributed by atoms with Crippen LogP contribution in [0.15, 0.2) is 340 Å². The average Bonchev–Trinajstić information content (AvgIpc) is 0.806. The molecule has 2 aliphatic carbocycles. The average molecular weight is 1450 g/mol. The Morgan fingerprint density at radius 3 is 1.39 bits per heavy atom. The van der Waals surface area contributed by atoms with Crippen molar-refractivity contribution < 1.29 is 11.6 Å². The number of ether oxygens (including phenoxy) is 1. The van der Waals surface area contributed by atoms with E-state index in [0.29, 0.717) is 5.56 Å². The number of hydrogen-bond acceptors (Lipinski definition) is 4. The number of anilines is 9. The van der Waals surface area contributed by atoms with Gasteiger partial charge in [-0.1, -0.05) is 323 Å². The molecular formula is C107H83B2N3O. The summed E-state index contributed by atoms with van der Waals surface area (Å²) in [7, 11) is 0. The number of benzene rings is 16. The van der Waals surface area contributed by atoms with Crippen molar-refractivity contribution in [1.29, 1.82) is 0 Å². The van der Waals surface area contributed by atoms with E-state index in [1.54, 1.807) is 0 Å². The van der Waals surface area contributed by atoms with Gasteiger partial charge in [0, 0.05) is 62.4 Å². The zero-order chi connectivity index (χ0) is 80.5. The van der Waals surface area contributed by atoms with Crippen LogP contribution in [-0.2, 0) is 21.7 Å². The van der Waals surface area contributed by atoms with Crippen LogP contribution in [0, 0.1) is 0 Å². The summed E-state index contributed by atoms with van der Waals surface area (Å²) in [5.41, 5.74) is 34.3. The van der Waals surface area contributed by atoms with E-state index in [-0.39, 0.29) is 40.6 Å². The molecule has 6 heteroatoms. The molecule has 22 rings (SSSR count). The van der Waals surface area contributed by atoms with Crippen LogP contribution in [0.25, 0.3) is 77.5 Å². The van der Waals surface area contributed by atoms with Crippen molar-refractivity contribution in [2.45, 2.75) is 84.0 Å². The van der Waals surface area contributed by atoms with Gasteiger partial charge in [0.2, 0.25) is 0 Å². The van der Waals surface area contributed by atoms with Gasteiger partial charge in [0.25, 0.3) is 13.4 Å². The van der Waals surface area contributed by atoms with Gasteiger partial charge in [0.1, 0.15) is 11.5 Å². The molecule has 6 aliphatic rings. The predicted octanol–water partition coefficient (Wildman–Crippen LogP) is 24.2. The van der Waals surface area contributed by atoms with Crippen molar-refractivity contribution in [2.24, 2.45) is 0 Å². The molecule has 0 saturated carbocycles. The number of rotatable bonds is 7. The van der Waals surface area contributed by atoms with E-state index in [1.165, 1.54) is 55.6 Å².